The Morgan fingerprint density at radius 1 is 0.286 bits per heavy atom. The summed E-state index contributed by atoms with van der Waals surface area (Å²) < 4.78 is 274. The van der Waals surface area contributed by atoms with Crippen molar-refractivity contribution in [3.8, 4) is 0 Å². The van der Waals surface area contributed by atoms with Crippen LogP contribution < -0.4 is 0 Å². The summed E-state index contributed by atoms with van der Waals surface area (Å²) in [4.78, 5) is 0. The van der Waals surface area contributed by atoms with Crippen LogP contribution in [0.15, 0.2) is 0 Å². The minimum absolute atomic E-state index is 4.21. The molecule has 25 heteroatoms. The van der Waals surface area contributed by atoms with Crippen molar-refractivity contribution in [3.63, 3.8) is 0 Å². The molecule has 0 N–H and O–H groups in total. The zero-order chi connectivity index (χ0) is 29.5. The summed E-state index contributed by atoms with van der Waals surface area (Å²) in [5.41, 5.74) is -7.15. The topological polar surface area (TPSA) is 0 Å². The zero-order valence-electron chi connectivity index (χ0n) is 14.6. The van der Waals surface area contributed by atoms with Crippen LogP contribution in [0.3, 0.4) is 0 Å². The summed E-state index contributed by atoms with van der Waals surface area (Å²) >= 11 is 12.6. The lowest BCUT2D eigenvalue weighted by atomic mass is 9.87. The van der Waals surface area contributed by atoms with Crippen LogP contribution in [0.5, 0.6) is 0 Å². The lowest BCUT2D eigenvalue weighted by Gasteiger charge is -2.45. The summed E-state index contributed by atoms with van der Waals surface area (Å²) in [5.74, 6) is -71.0. The lowest BCUT2D eigenvalue weighted by Crippen LogP contribution is -2.77. The van der Waals surface area contributed by atoms with Gasteiger partial charge in [-0.25, -0.2) is 0 Å². The molecule has 0 aromatic rings. The van der Waals surface area contributed by atoms with Crippen molar-refractivity contribution in [2.24, 2.45) is 0 Å². The Bertz CT molecular complexity index is 728. The predicted molar refractivity (Wildman–Crippen MR) is 73.9 cm³/mol. The molecule has 0 aliphatic rings. The maximum atomic E-state index is 13.4. The second-order valence-corrected chi connectivity index (χ2v) is 14.6. The van der Waals surface area contributed by atoms with Gasteiger partial charge in [-0.05, 0) is 0 Å². The van der Waals surface area contributed by atoms with Crippen molar-refractivity contribution in [2.45, 2.75) is 59.1 Å². The van der Waals surface area contributed by atoms with Crippen LogP contribution >= 0.6 is 33.2 Å². The van der Waals surface area contributed by atoms with E-state index in [0.29, 0.717) is 0 Å². The molecule has 0 nitrogen and oxygen atoms in total. The Morgan fingerprint density at radius 3 is 0.629 bits per heavy atom. The molecule has 35 heavy (non-hydrogen) atoms. The second kappa shape index (κ2) is 8.31. The van der Waals surface area contributed by atoms with Gasteiger partial charge in [0, 0.05) is 0 Å². The van der Waals surface area contributed by atoms with E-state index in [9.17, 15) is 92.2 Å². The minimum Gasteiger partial charge on any atom is -0.200 e. The molecule has 0 fully saturated rings. The molecule has 0 unspecified atom stereocenters. The molecule has 0 saturated heterocycles. The Hall–Kier alpha value is -0.383. The summed E-state index contributed by atoms with van der Waals surface area (Å²) in [6, 6.07) is -6.83. The highest BCUT2D eigenvalue weighted by Gasteiger charge is 2.98. The number of rotatable bonds is 9. The van der Waals surface area contributed by atoms with Crippen molar-refractivity contribution in [3.05, 3.63) is 0 Å². The largest absolute Gasteiger partial charge is 0.460 e. The van der Waals surface area contributed by atoms with Gasteiger partial charge in [0.15, 0.2) is 0 Å². The molecule has 0 aromatic heterocycles. The van der Waals surface area contributed by atoms with Crippen LogP contribution in [0, 0.1) is 0 Å². The standard InChI is InChI=1S/C10Cl3F21Si/c11-35(12,13)10(33,34)8(28,29)6(24,25)4(20,21)2(16,17)1(14,15)3(18,19)5(22,23)7(26,27)9(30,31)32. The molecule has 0 radical (unpaired) electrons. The molecule has 0 spiro atoms. The molecule has 0 amide bonds. The average Bonchev–Trinajstić information content (AvgIpc) is 2.58. The van der Waals surface area contributed by atoms with Gasteiger partial charge in [0.2, 0.25) is 0 Å². The monoisotopic (exact) mass is 652 g/mol. The van der Waals surface area contributed by atoms with E-state index in [1.807, 2.05) is 0 Å². The zero-order valence-corrected chi connectivity index (χ0v) is 17.8. The van der Waals surface area contributed by atoms with Crippen LogP contribution in [0.25, 0.3) is 0 Å². The SMILES string of the molecule is FC(F)(F)C(F)(F)C(F)(F)C(F)(F)C(F)(F)C(F)(F)C(F)(F)C(F)(F)C(F)(F)C(F)(F)[Si](Cl)(Cl)Cl. The average molecular weight is 654 g/mol. The first-order valence-electron chi connectivity index (χ1n) is 7.04. The van der Waals surface area contributed by atoms with Crippen LogP contribution in [0.2, 0.25) is 0 Å². The molecule has 0 aliphatic carbocycles. The molecule has 212 valence electrons. The first-order valence-corrected chi connectivity index (χ1v) is 12.1. The van der Waals surface area contributed by atoms with Gasteiger partial charge in [-0.1, -0.05) is 0 Å². The maximum Gasteiger partial charge on any atom is 0.460 e. The van der Waals surface area contributed by atoms with Gasteiger partial charge in [-0.2, -0.15) is 92.2 Å². The van der Waals surface area contributed by atoms with Crippen molar-refractivity contribution in [1.29, 1.82) is 0 Å². The van der Waals surface area contributed by atoms with E-state index in [1.54, 1.807) is 0 Å². The summed E-state index contributed by atoms with van der Waals surface area (Å²) in [7, 11) is 0. The third kappa shape index (κ3) is 4.18. The highest BCUT2D eigenvalue weighted by Crippen LogP contribution is 2.67. The fourth-order valence-electron chi connectivity index (χ4n) is 1.74. The first kappa shape index (κ1) is 34.6. The van der Waals surface area contributed by atoms with E-state index in [-0.39, 0.29) is 0 Å². The Balaban J connectivity index is 7.15. The summed E-state index contributed by atoms with van der Waals surface area (Å²) in [6.07, 6.45) is -8.03. The van der Waals surface area contributed by atoms with Crippen LogP contribution in [-0.4, -0.2) is 65.1 Å². The normalized spacial score (nSPS) is 17.1. The molecule has 0 saturated carbocycles. The molecule has 0 aromatic carbocycles. The first-order chi connectivity index (χ1) is 14.5. The van der Waals surface area contributed by atoms with E-state index < -0.39 is 65.1 Å². The van der Waals surface area contributed by atoms with Gasteiger partial charge < -0.3 is 0 Å². The molecule has 0 rings (SSSR count). The fourth-order valence-corrected chi connectivity index (χ4v) is 3.32. The maximum absolute atomic E-state index is 13.4. The second-order valence-electron chi connectivity index (χ2n) is 6.17. The Morgan fingerprint density at radius 2 is 0.457 bits per heavy atom. The van der Waals surface area contributed by atoms with Crippen molar-refractivity contribution >= 4 is 39.2 Å². The van der Waals surface area contributed by atoms with E-state index in [2.05, 4.69) is 33.2 Å². The number of hydrogen-bond donors (Lipinski definition) is 0. The van der Waals surface area contributed by atoms with Crippen LogP contribution in [0.4, 0.5) is 92.2 Å². The van der Waals surface area contributed by atoms with E-state index >= 15 is 0 Å². The fraction of sp³-hybridized carbons (Fsp3) is 1.00. The molecule has 0 atom stereocenters. The quantitative estimate of drug-likeness (QED) is 0.133. The highest BCUT2D eigenvalue weighted by atomic mass is 35.8. The van der Waals surface area contributed by atoms with Crippen molar-refractivity contribution in [1.82, 2.24) is 0 Å². The third-order valence-corrected chi connectivity index (χ3v) is 7.03. The lowest BCUT2D eigenvalue weighted by molar-refractivity contribution is -0.472. The molecule has 0 aliphatic heterocycles. The number of alkyl halides is 21. The van der Waals surface area contributed by atoms with Gasteiger partial charge in [0.05, 0.1) is 0 Å². The Kier molecular flexibility index (Phi) is 8.22. The Labute approximate surface area is 191 Å². The molecule has 0 bridgehead atoms. The van der Waals surface area contributed by atoms with Gasteiger partial charge >= 0.3 is 65.1 Å². The van der Waals surface area contributed by atoms with Crippen LogP contribution in [-0.2, 0) is 0 Å². The smallest absolute Gasteiger partial charge is 0.200 e. The number of halogens is 24. The molecular weight excluding hydrogens is 654 g/mol. The van der Waals surface area contributed by atoms with Crippen LogP contribution in [0.1, 0.15) is 0 Å². The van der Waals surface area contributed by atoms with Gasteiger partial charge in [-0.3, -0.25) is 0 Å². The van der Waals surface area contributed by atoms with Gasteiger partial charge in [-0.15, -0.1) is 33.2 Å². The number of hydrogen-bond acceptors (Lipinski definition) is 0. The molecule has 0 heterocycles. The van der Waals surface area contributed by atoms with E-state index in [4.69, 9.17) is 0 Å². The van der Waals surface area contributed by atoms with E-state index in [0.717, 1.165) is 0 Å². The summed E-state index contributed by atoms with van der Waals surface area (Å²) in [5, 5.41) is 0. The summed E-state index contributed by atoms with van der Waals surface area (Å²) in [6.45, 7) is 0. The van der Waals surface area contributed by atoms with Gasteiger partial charge in [0.25, 0.3) is 0 Å². The van der Waals surface area contributed by atoms with E-state index in [1.165, 1.54) is 0 Å². The van der Waals surface area contributed by atoms with Gasteiger partial charge in [0.1, 0.15) is 0 Å². The van der Waals surface area contributed by atoms with Crippen molar-refractivity contribution < 1.29 is 92.2 Å². The highest BCUT2D eigenvalue weighted by molar-refractivity contribution is 7.65. The van der Waals surface area contributed by atoms with Crippen molar-refractivity contribution in [2.75, 3.05) is 0 Å². The minimum atomic E-state index is -9.23. The predicted octanol–water partition coefficient (Wildman–Crippen LogP) is 8.46. The molecular formula is C10Cl3F21Si. The third-order valence-electron chi connectivity index (χ3n) is 3.87.